The number of hydrogen-bond donors (Lipinski definition) is 0. The summed E-state index contributed by atoms with van der Waals surface area (Å²) in [5.41, 5.74) is 0.374. The van der Waals surface area contributed by atoms with E-state index in [1.807, 2.05) is 4.90 Å². The molecule has 0 unspecified atom stereocenters. The van der Waals surface area contributed by atoms with E-state index in [0.717, 1.165) is 26.2 Å². The normalized spacial score (nSPS) is 20.2. The van der Waals surface area contributed by atoms with Crippen molar-refractivity contribution >= 4 is 11.8 Å². The number of piperidine rings is 1. The molecular formula is C18H24FN3O2. The summed E-state index contributed by atoms with van der Waals surface area (Å²) < 4.78 is 13.3. The number of hydrogen-bond acceptors (Lipinski definition) is 3. The quantitative estimate of drug-likeness (QED) is 0.823. The molecule has 0 aromatic heterocycles. The number of carbonyl (C=O) groups is 2. The van der Waals surface area contributed by atoms with Crippen LogP contribution in [0.5, 0.6) is 0 Å². The van der Waals surface area contributed by atoms with Crippen molar-refractivity contribution < 1.29 is 14.0 Å². The van der Waals surface area contributed by atoms with Gasteiger partial charge in [0, 0.05) is 50.7 Å². The Morgan fingerprint density at radius 1 is 1.00 bits per heavy atom. The summed E-state index contributed by atoms with van der Waals surface area (Å²) in [6, 6.07) is 5.78. The van der Waals surface area contributed by atoms with E-state index in [9.17, 15) is 14.0 Å². The van der Waals surface area contributed by atoms with Crippen LogP contribution in [0, 0.1) is 11.7 Å². The predicted molar refractivity (Wildman–Crippen MR) is 89.1 cm³/mol. The van der Waals surface area contributed by atoms with Crippen molar-refractivity contribution in [2.45, 2.75) is 12.8 Å². The molecule has 2 aliphatic rings. The van der Waals surface area contributed by atoms with E-state index in [1.165, 1.54) is 12.1 Å². The highest BCUT2D eigenvalue weighted by atomic mass is 19.1. The molecule has 24 heavy (non-hydrogen) atoms. The van der Waals surface area contributed by atoms with Crippen molar-refractivity contribution in [3.63, 3.8) is 0 Å². The van der Waals surface area contributed by atoms with Crippen molar-refractivity contribution in [3.05, 3.63) is 35.6 Å². The fourth-order valence-corrected chi connectivity index (χ4v) is 3.42. The number of piperazine rings is 1. The number of amides is 2. The van der Waals surface area contributed by atoms with Gasteiger partial charge in [0.2, 0.25) is 5.91 Å². The van der Waals surface area contributed by atoms with Crippen LogP contribution in [-0.4, -0.2) is 72.8 Å². The lowest BCUT2D eigenvalue weighted by molar-refractivity contribution is -0.138. The van der Waals surface area contributed by atoms with Gasteiger partial charge in [0.25, 0.3) is 5.91 Å². The second-order valence-electron chi connectivity index (χ2n) is 6.71. The van der Waals surface area contributed by atoms with Crippen molar-refractivity contribution in [2.75, 3.05) is 46.3 Å². The first-order valence-corrected chi connectivity index (χ1v) is 8.57. The molecule has 130 valence electrons. The highest BCUT2D eigenvalue weighted by Crippen LogP contribution is 2.22. The molecule has 2 amide bonds. The van der Waals surface area contributed by atoms with Crippen LogP contribution >= 0.6 is 0 Å². The molecule has 0 saturated carbocycles. The molecule has 0 atom stereocenters. The number of nitrogens with zero attached hydrogens (tertiary/aromatic N) is 3. The first kappa shape index (κ1) is 16.9. The molecule has 2 fully saturated rings. The summed E-state index contributed by atoms with van der Waals surface area (Å²) in [5.74, 6) is -0.327. The van der Waals surface area contributed by atoms with Crippen molar-refractivity contribution in [3.8, 4) is 0 Å². The number of likely N-dealkylation sites (tertiary alicyclic amines) is 1. The van der Waals surface area contributed by atoms with E-state index in [4.69, 9.17) is 0 Å². The molecule has 0 spiro atoms. The van der Waals surface area contributed by atoms with Gasteiger partial charge in [0.15, 0.2) is 0 Å². The molecule has 0 radical (unpaired) electrons. The SMILES string of the molecule is CN1CCN(C(=O)C2CCN(C(=O)c3cccc(F)c3)CC2)CC1. The lowest BCUT2D eigenvalue weighted by atomic mass is 9.94. The third-order valence-electron chi connectivity index (χ3n) is 5.02. The molecule has 1 aromatic rings. The van der Waals surface area contributed by atoms with Crippen molar-refractivity contribution in [1.29, 1.82) is 0 Å². The molecular weight excluding hydrogens is 309 g/mol. The van der Waals surface area contributed by atoms with Crippen LogP contribution in [0.25, 0.3) is 0 Å². The molecule has 1 aromatic carbocycles. The van der Waals surface area contributed by atoms with E-state index in [-0.39, 0.29) is 17.7 Å². The Morgan fingerprint density at radius 3 is 2.29 bits per heavy atom. The van der Waals surface area contributed by atoms with Gasteiger partial charge in [-0.3, -0.25) is 9.59 Å². The topological polar surface area (TPSA) is 43.9 Å². The third-order valence-corrected chi connectivity index (χ3v) is 5.02. The number of rotatable bonds is 2. The van der Waals surface area contributed by atoms with Gasteiger partial charge in [0.05, 0.1) is 0 Å². The van der Waals surface area contributed by atoms with E-state index >= 15 is 0 Å². The van der Waals surface area contributed by atoms with Gasteiger partial charge in [-0.25, -0.2) is 4.39 Å². The van der Waals surface area contributed by atoms with Crippen molar-refractivity contribution in [1.82, 2.24) is 14.7 Å². The van der Waals surface area contributed by atoms with E-state index in [0.29, 0.717) is 31.5 Å². The maximum absolute atomic E-state index is 13.3. The minimum Gasteiger partial charge on any atom is -0.340 e. The van der Waals surface area contributed by atoms with Crippen LogP contribution in [0.4, 0.5) is 4.39 Å². The van der Waals surface area contributed by atoms with Gasteiger partial charge in [-0.2, -0.15) is 0 Å². The average molecular weight is 333 g/mol. The van der Waals surface area contributed by atoms with Gasteiger partial charge in [-0.15, -0.1) is 0 Å². The number of carbonyl (C=O) groups excluding carboxylic acids is 2. The Hall–Kier alpha value is -1.95. The molecule has 5 nitrogen and oxygen atoms in total. The Kier molecular flexibility index (Phi) is 5.14. The smallest absolute Gasteiger partial charge is 0.253 e. The zero-order valence-corrected chi connectivity index (χ0v) is 14.1. The second-order valence-corrected chi connectivity index (χ2v) is 6.71. The van der Waals surface area contributed by atoms with Crippen molar-refractivity contribution in [2.24, 2.45) is 5.92 Å². The van der Waals surface area contributed by atoms with Crippen LogP contribution in [0.3, 0.4) is 0 Å². The van der Waals surface area contributed by atoms with E-state index in [2.05, 4.69) is 11.9 Å². The molecule has 0 N–H and O–H groups in total. The molecule has 0 aliphatic carbocycles. The van der Waals surface area contributed by atoms with Crippen LogP contribution in [0.1, 0.15) is 23.2 Å². The molecule has 2 aliphatic heterocycles. The fraction of sp³-hybridized carbons (Fsp3) is 0.556. The first-order chi connectivity index (χ1) is 11.5. The summed E-state index contributed by atoms with van der Waals surface area (Å²) in [7, 11) is 2.07. The number of likely N-dealkylation sites (N-methyl/N-ethyl adjacent to an activating group) is 1. The summed E-state index contributed by atoms with van der Waals surface area (Å²) >= 11 is 0. The predicted octanol–water partition coefficient (Wildman–Crippen LogP) is 1.45. The largest absolute Gasteiger partial charge is 0.340 e. The van der Waals surface area contributed by atoms with Crippen LogP contribution < -0.4 is 0 Å². The lowest BCUT2D eigenvalue weighted by Gasteiger charge is -2.37. The standard InChI is InChI=1S/C18H24FN3O2/c1-20-9-11-22(12-10-20)17(23)14-5-7-21(8-6-14)18(24)15-3-2-4-16(19)13-15/h2-4,13-14H,5-12H2,1H3. The Bertz CT molecular complexity index is 606. The van der Waals surface area contributed by atoms with Gasteiger partial charge < -0.3 is 14.7 Å². The van der Waals surface area contributed by atoms with Gasteiger partial charge in [-0.1, -0.05) is 6.07 Å². The maximum atomic E-state index is 13.3. The van der Waals surface area contributed by atoms with Crippen LogP contribution in [0.15, 0.2) is 24.3 Å². The summed E-state index contributed by atoms with van der Waals surface area (Å²) in [4.78, 5) is 30.9. The minimum atomic E-state index is -0.402. The summed E-state index contributed by atoms with van der Waals surface area (Å²) in [5, 5.41) is 0. The zero-order chi connectivity index (χ0) is 17.1. The summed E-state index contributed by atoms with van der Waals surface area (Å²) in [6.45, 7) is 4.53. The first-order valence-electron chi connectivity index (χ1n) is 8.57. The molecule has 3 rings (SSSR count). The average Bonchev–Trinajstić information content (AvgIpc) is 2.61. The zero-order valence-electron chi connectivity index (χ0n) is 14.1. The second kappa shape index (κ2) is 7.30. The Labute approximate surface area is 142 Å². The maximum Gasteiger partial charge on any atom is 0.253 e. The fourth-order valence-electron chi connectivity index (χ4n) is 3.42. The highest BCUT2D eigenvalue weighted by molar-refractivity contribution is 5.94. The van der Waals surface area contributed by atoms with Crippen LogP contribution in [-0.2, 0) is 4.79 Å². The lowest BCUT2D eigenvalue weighted by Crippen LogP contribution is -2.51. The Morgan fingerprint density at radius 2 is 1.67 bits per heavy atom. The van der Waals surface area contributed by atoms with Crippen LogP contribution in [0.2, 0.25) is 0 Å². The molecule has 0 bridgehead atoms. The van der Waals surface area contributed by atoms with E-state index in [1.54, 1.807) is 17.0 Å². The number of benzene rings is 1. The minimum absolute atomic E-state index is 0.00460. The highest BCUT2D eigenvalue weighted by Gasteiger charge is 2.31. The van der Waals surface area contributed by atoms with E-state index < -0.39 is 5.82 Å². The molecule has 2 saturated heterocycles. The number of halogens is 1. The molecule has 2 heterocycles. The Balaban J connectivity index is 1.54. The third kappa shape index (κ3) is 3.75. The monoisotopic (exact) mass is 333 g/mol. The van der Waals surface area contributed by atoms with Gasteiger partial charge >= 0.3 is 0 Å². The summed E-state index contributed by atoms with van der Waals surface area (Å²) in [6.07, 6.45) is 1.37. The molecule has 6 heteroatoms. The van der Waals surface area contributed by atoms with Gasteiger partial charge in [0.1, 0.15) is 5.82 Å². The van der Waals surface area contributed by atoms with Gasteiger partial charge in [-0.05, 0) is 38.1 Å².